The number of halogens is 1. The van der Waals surface area contributed by atoms with Gasteiger partial charge in [0.25, 0.3) is 5.56 Å². The summed E-state index contributed by atoms with van der Waals surface area (Å²) in [5, 5.41) is 0. The third-order valence-corrected chi connectivity index (χ3v) is 3.33. The predicted octanol–water partition coefficient (Wildman–Crippen LogP) is 2.35. The maximum Gasteiger partial charge on any atom is 0.267 e. The number of rotatable bonds is 5. The van der Waals surface area contributed by atoms with Gasteiger partial charge < -0.3 is 0 Å². The molecule has 0 N–H and O–H groups in total. The van der Waals surface area contributed by atoms with Gasteiger partial charge >= 0.3 is 0 Å². The summed E-state index contributed by atoms with van der Waals surface area (Å²) >= 11 is 7.47. The van der Waals surface area contributed by atoms with Crippen LogP contribution in [0.4, 0.5) is 0 Å². The molecule has 3 nitrogen and oxygen atoms in total. The minimum atomic E-state index is -0.0205. The molecular weight excluding hydrogens is 276 g/mol. The Bertz CT molecular complexity index is 367. The highest BCUT2D eigenvalue weighted by Crippen LogP contribution is 2.10. The zero-order valence-corrected chi connectivity index (χ0v) is 11.2. The fourth-order valence-corrected chi connectivity index (χ4v) is 2.12. The topological polar surface area (TPSA) is 34.9 Å². The average Bonchev–Trinajstić information content (AvgIpc) is 2.24. The molecule has 1 aromatic rings. The first-order chi connectivity index (χ1) is 7.19. The number of nitrogens with zero attached hydrogens (tertiary/aromatic N) is 2. The average molecular weight is 291 g/mol. The Labute approximate surface area is 103 Å². The first kappa shape index (κ1) is 12.8. The van der Waals surface area contributed by atoms with Gasteiger partial charge in [0.1, 0.15) is 4.47 Å². The second kappa shape index (κ2) is 6.33. The Hall–Kier alpha value is -0.290. The van der Waals surface area contributed by atoms with Crippen LogP contribution in [0.25, 0.3) is 0 Å². The summed E-state index contributed by atoms with van der Waals surface area (Å²) in [5.74, 6) is 1.24. The molecule has 0 radical (unpaired) electrons. The Morgan fingerprint density at radius 3 is 3.00 bits per heavy atom. The van der Waals surface area contributed by atoms with E-state index in [2.05, 4.69) is 40.5 Å². The normalized spacial score (nSPS) is 12.7. The third kappa shape index (κ3) is 3.65. The highest BCUT2D eigenvalue weighted by molar-refractivity contribution is 9.10. The van der Waals surface area contributed by atoms with E-state index < -0.39 is 0 Å². The van der Waals surface area contributed by atoms with E-state index in [0.717, 1.165) is 18.6 Å². The standard InChI is InChI=1S/C10H15BrN2OS/c1-2-3-8(6-15)5-13-7-12-4-9(11)10(13)14/h4,7-8,15H,2-3,5-6H2,1H3. The van der Waals surface area contributed by atoms with Gasteiger partial charge in [-0.1, -0.05) is 13.3 Å². The van der Waals surface area contributed by atoms with Crippen LogP contribution in [0.1, 0.15) is 19.8 Å². The van der Waals surface area contributed by atoms with Crippen LogP contribution in [-0.4, -0.2) is 15.3 Å². The smallest absolute Gasteiger partial charge is 0.267 e. The van der Waals surface area contributed by atoms with Gasteiger partial charge in [0, 0.05) is 12.7 Å². The summed E-state index contributed by atoms with van der Waals surface area (Å²) in [6, 6.07) is 0. The van der Waals surface area contributed by atoms with Crippen LogP contribution in [-0.2, 0) is 6.54 Å². The van der Waals surface area contributed by atoms with Crippen molar-refractivity contribution < 1.29 is 0 Å². The second-order valence-electron chi connectivity index (χ2n) is 3.54. The highest BCUT2D eigenvalue weighted by atomic mass is 79.9. The van der Waals surface area contributed by atoms with E-state index in [1.165, 1.54) is 6.20 Å². The largest absolute Gasteiger partial charge is 0.298 e. The maximum absolute atomic E-state index is 11.7. The van der Waals surface area contributed by atoms with Gasteiger partial charge in [0.15, 0.2) is 0 Å². The fraction of sp³-hybridized carbons (Fsp3) is 0.600. The number of aromatic nitrogens is 2. The van der Waals surface area contributed by atoms with E-state index >= 15 is 0 Å². The van der Waals surface area contributed by atoms with Crippen molar-refractivity contribution in [1.29, 1.82) is 0 Å². The SMILES string of the molecule is CCCC(CS)Cn1cncc(Br)c1=O. The molecule has 0 aromatic carbocycles. The highest BCUT2D eigenvalue weighted by Gasteiger charge is 2.08. The quantitative estimate of drug-likeness (QED) is 0.845. The van der Waals surface area contributed by atoms with Crippen molar-refractivity contribution >= 4 is 28.6 Å². The summed E-state index contributed by atoms with van der Waals surface area (Å²) in [6.07, 6.45) is 5.30. The van der Waals surface area contributed by atoms with Crippen molar-refractivity contribution in [2.24, 2.45) is 5.92 Å². The Morgan fingerprint density at radius 1 is 1.67 bits per heavy atom. The van der Waals surface area contributed by atoms with Gasteiger partial charge in [0.2, 0.25) is 0 Å². The lowest BCUT2D eigenvalue weighted by atomic mass is 10.1. The summed E-state index contributed by atoms with van der Waals surface area (Å²) in [6.45, 7) is 2.83. The zero-order valence-electron chi connectivity index (χ0n) is 8.69. The fourth-order valence-electron chi connectivity index (χ4n) is 1.48. The molecule has 0 aliphatic carbocycles. The molecule has 0 aliphatic rings. The van der Waals surface area contributed by atoms with Crippen LogP contribution in [0, 0.1) is 5.92 Å². The first-order valence-corrected chi connectivity index (χ1v) is 6.42. The summed E-state index contributed by atoms with van der Waals surface area (Å²) in [7, 11) is 0. The summed E-state index contributed by atoms with van der Waals surface area (Å²) < 4.78 is 2.15. The molecule has 0 spiro atoms. The van der Waals surface area contributed by atoms with Crippen molar-refractivity contribution in [3.05, 3.63) is 27.4 Å². The van der Waals surface area contributed by atoms with Crippen molar-refractivity contribution in [2.75, 3.05) is 5.75 Å². The molecule has 0 bridgehead atoms. The van der Waals surface area contributed by atoms with E-state index in [1.807, 2.05) is 0 Å². The molecule has 84 valence electrons. The lowest BCUT2D eigenvalue weighted by Gasteiger charge is -2.14. The third-order valence-electron chi connectivity index (χ3n) is 2.27. The Balaban J connectivity index is 2.79. The molecule has 1 aromatic heterocycles. The van der Waals surface area contributed by atoms with Crippen molar-refractivity contribution in [2.45, 2.75) is 26.3 Å². The minimum Gasteiger partial charge on any atom is -0.298 e. The number of hydrogen-bond donors (Lipinski definition) is 1. The molecule has 1 heterocycles. The van der Waals surface area contributed by atoms with Crippen LogP contribution in [0.3, 0.4) is 0 Å². The summed E-state index contributed by atoms with van der Waals surface area (Å²) in [5.41, 5.74) is -0.0205. The van der Waals surface area contributed by atoms with Gasteiger partial charge in [-0.05, 0) is 34.0 Å². The van der Waals surface area contributed by atoms with Crippen LogP contribution in [0.2, 0.25) is 0 Å². The van der Waals surface area contributed by atoms with Gasteiger partial charge in [-0.3, -0.25) is 9.36 Å². The van der Waals surface area contributed by atoms with Crippen molar-refractivity contribution in [3.8, 4) is 0 Å². The molecule has 0 saturated carbocycles. The van der Waals surface area contributed by atoms with Crippen LogP contribution >= 0.6 is 28.6 Å². The lowest BCUT2D eigenvalue weighted by Crippen LogP contribution is -2.25. The van der Waals surface area contributed by atoms with Crippen molar-refractivity contribution in [3.63, 3.8) is 0 Å². The molecule has 0 amide bonds. The zero-order chi connectivity index (χ0) is 11.3. The monoisotopic (exact) mass is 290 g/mol. The van der Waals surface area contributed by atoms with E-state index in [4.69, 9.17) is 0 Å². The van der Waals surface area contributed by atoms with Crippen molar-refractivity contribution in [1.82, 2.24) is 9.55 Å². The molecule has 0 aliphatic heterocycles. The van der Waals surface area contributed by atoms with Gasteiger partial charge in [-0.15, -0.1) is 0 Å². The Kier molecular flexibility index (Phi) is 5.39. The van der Waals surface area contributed by atoms with Gasteiger partial charge in [0.05, 0.1) is 6.33 Å². The van der Waals surface area contributed by atoms with Crippen LogP contribution < -0.4 is 5.56 Å². The number of hydrogen-bond acceptors (Lipinski definition) is 3. The molecule has 1 atom stereocenters. The molecule has 1 unspecified atom stereocenters. The molecule has 0 saturated heterocycles. The van der Waals surface area contributed by atoms with E-state index in [9.17, 15) is 4.79 Å². The van der Waals surface area contributed by atoms with Gasteiger partial charge in [-0.2, -0.15) is 12.6 Å². The van der Waals surface area contributed by atoms with Crippen LogP contribution in [0.15, 0.2) is 21.8 Å². The minimum absolute atomic E-state index is 0.0205. The van der Waals surface area contributed by atoms with E-state index in [1.54, 1.807) is 10.9 Å². The Morgan fingerprint density at radius 2 is 2.40 bits per heavy atom. The molecule has 1 rings (SSSR count). The molecular formula is C10H15BrN2OS. The van der Waals surface area contributed by atoms with Gasteiger partial charge in [-0.25, -0.2) is 4.98 Å². The number of thiol groups is 1. The van der Waals surface area contributed by atoms with Crippen LogP contribution in [0.5, 0.6) is 0 Å². The maximum atomic E-state index is 11.7. The van der Waals surface area contributed by atoms with E-state index in [0.29, 0.717) is 16.9 Å². The predicted molar refractivity (Wildman–Crippen MR) is 68.4 cm³/mol. The first-order valence-electron chi connectivity index (χ1n) is 4.99. The molecule has 0 fully saturated rings. The second-order valence-corrected chi connectivity index (χ2v) is 4.76. The molecule has 15 heavy (non-hydrogen) atoms. The molecule has 5 heteroatoms. The lowest BCUT2D eigenvalue weighted by molar-refractivity contribution is 0.442. The van der Waals surface area contributed by atoms with E-state index in [-0.39, 0.29) is 5.56 Å². The summed E-state index contributed by atoms with van der Waals surface area (Å²) in [4.78, 5) is 15.7.